The van der Waals surface area contributed by atoms with Crippen molar-refractivity contribution in [2.75, 3.05) is 19.8 Å². The second-order valence-corrected chi connectivity index (χ2v) is 4.93. The number of unbranched alkanes of at least 4 members (excludes halogenated alkanes) is 1. The van der Waals surface area contributed by atoms with Crippen molar-refractivity contribution in [1.82, 2.24) is 5.32 Å². The zero-order valence-corrected chi connectivity index (χ0v) is 12.1. The lowest BCUT2D eigenvalue weighted by Gasteiger charge is -2.08. The second-order valence-electron chi connectivity index (χ2n) is 3.64. The van der Waals surface area contributed by atoms with Crippen molar-refractivity contribution in [2.24, 2.45) is 0 Å². The summed E-state index contributed by atoms with van der Waals surface area (Å²) in [6, 6.07) is 5.10. The van der Waals surface area contributed by atoms with Crippen LogP contribution in [0.1, 0.15) is 12.8 Å². The molecule has 0 saturated carbocycles. The summed E-state index contributed by atoms with van der Waals surface area (Å²) < 4.78 is 6.05. The molecule has 0 fully saturated rings. The maximum atomic E-state index is 11.4. The van der Waals surface area contributed by atoms with Gasteiger partial charge in [-0.05, 0) is 47.0 Å². The standard InChI is InChI=1S/C12H15BrClNO3/c13-10-7-9(14)3-4-11(10)18-8-12(17)15-5-1-2-6-16/h3-4,7,16H,1-2,5-6,8H2,(H,15,17). The van der Waals surface area contributed by atoms with Gasteiger partial charge in [-0.2, -0.15) is 0 Å². The van der Waals surface area contributed by atoms with E-state index in [0.717, 1.165) is 6.42 Å². The fourth-order valence-corrected chi connectivity index (χ4v) is 2.05. The van der Waals surface area contributed by atoms with Crippen LogP contribution in [0.3, 0.4) is 0 Å². The minimum absolute atomic E-state index is 0.0423. The molecular formula is C12H15BrClNO3. The number of aliphatic hydroxyl groups excluding tert-OH is 1. The number of benzene rings is 1. The van der Waals surface area contributed by atoms with Crippen LogP contribution in [0.4, 0.5) is 0 Å². The number of aliphatic hydroxyl groups is 1. The van der Waals surface area contributed by atoms with E-state index in [9.17, 15) is 4.79 Å². The predicted octanol–water partition coefficient (Wildman–Crippen LogP) is 2.37. The Hall–Kier alpha value is -0.780. The van der Waals surface area contributed by atoms with Gasteiger partial charge in [-0.1, -0.05) is 11.6 Å². The predicted molar refractivity (Wildman–Crippen MR) is 74.0 cm³/mol. The zero-order chi connectivity index (χ0) is 13.4. The SMILES string of the molecule is O=C(COc1ccc(Cl)cc1Br)NCCCCO. The quantitative estimate of drug-likeness (QED) is 0.752. The van der Waals surface area contributed by atoms with Gasteiger partial charge < -0.3 is 15.2 Å². The zero-order valence-electron chi connectivity index (χ0n) is 9.79. The Balaban J connectivity index is 2.29. The third kappa shape index (κ3) is 5.71. The third-order valence-electron chi connectivity index (χ3n) is 2.16. The van der Waals surface area contributed by atoms with Crippen LogP contribution >= 0.6 is 27.5 Å². The number of hydrogen-bond acceptors (Lipinski definition) is 3. The van der Waals surface area contributed by atoms with Crippen molar-refractivity contribution in [3.05, 3.63) is 27.7 Å². The van der Waals surface area contributed by atoms with E-state index in [1.165, 1.54) is 0 Å². The summed E-state index contributed by atoms with van der Waals surface area (Å²) in [7, 11) is 0. The highest BCUT2D eigenvalue weighted by molar-refractivity contribution is 9.10. The molecule has 0 aliphatic carbocycles. The average Bonchev–Trinajstić information content (AvgIpc) is 2.33. The Morgan fingerprint density at radius 1 is 1.44 bits per heavy atom. The van der Waals surface area contributed by atoms with Crippen LogP contribution in [0.2, 0.25) is 5.02 Å². The molecule has 0 saturated heterocycles. The van der Waals surface area contributed by atoms with Crippen molar-refractivity contribution in [2.45, 2.75) is 12.8 Å². The van der Waals surface area contributed by atoms with Crippen LogP contribution in [-0.2, 0) is 4.79 Å². The minimum atomic E-state index is -0.185. The molecule has 0 bridgehead atoms. The van der Waals surface area contributed by atoms with Gasteiger partial charge in [0.15, 0.2) is 6.61 Å². The van der Waals surface area contributed by atoms with Crippen molar-refractivity contribution in [3.63, 3.8) is 0 Å². The van der Waals surface area contributed by atoms with Crippen molar-refractivity contribution >= 4 is 33.4 Å². The van der Waals surface area contributed by atoms with Crippen LogP contribution in [0.5, 0.6) is 5.75 Å². The molecule has 0 aliphatic rings. The number of ether oxygens (including phenoxy) is 1. The number of carbonyl (C=O) groups is 1. The van der Waals surface area contributed by atoms with E-state index >= 15 is 0 Å². The first kappa shape index (κ1) is 15.3. The lowest BCUT2D eigenvalue weighted by Crippen LogP contribution is -2.29. The molecule has 6 heteroatoms. The highest BCUT2D eigenvalue weighted by atomic mass is 79.9. The van der Waals surface area contributed by atoms with E-state index in [1.54, 1.807) is 18.2 Å². The van der Waals surface area contributed by atoms with Crippen LogP contribution < -0.4 is 10.1 Å². The lowest BCUT2D eigenvalue weighted by molar-refractivity contribution is -0.123. The lowest BCUT2D eigenvalue weighted by atomic mass is 10.3. The maximum absolute atomic E-state index is 11.4. The number of hydrogen-bond donors (Lipinski definition) is 2. The summed E-state index contributed by atoms with van der Waals surface area (Å²) in [5.74, 6) is 0.389. The Bertz CT molecular complexity index is 401. The van der Waals surface area contributed by atoms with Gasteiger partial charge in [0.25, 0.3) is 5.91 Å². The van der Waals surface area contributed by atoms with Crippen LogP contribution in [0, 0.1) is 0 Å². The summed E-state index contributed by atoms with van der Waals surface area (Å²) in [5.41, 5.74) is 0. The highest BCUT2D eigenvalue weighted by Crippen LogP contribution is 2.27. The molecule has 18 heavy (non-hydrogen) atoms. The Kier molecular flexibility index (Phi) is 7.08. The molecule has 0 spiro atoms. The monoisotopic (exact) mass is 335 g/mol. The van der Waals surface area contributed by atoms with E-state index in [2.05, 4.69) is 21.2 Å². The Morgan fingerprint density at radius 3 is 2.89 bits per heavy atom. The topological polar surface area (TPSA) is 58.6 Å². The summed E-state index contributed by atoms with van der Waals surface area (Å²) in [4.78, 5) is 11.4. The number of halogens is 2. The number of rotatable bonds is 7. The molecule has 0 unspecified atom stereocenters. The van der Waals surface area contributed by atoms with E-state index in [1.807, 2.05) is 0 Å². The van der Waals surface area contributed by atoms with E-state index in [-0.39, 0.29) is 19.1 Å². The van der Waals surface area contributed by atoms with Crippen LogP contribution in [0.15, 0.2) is 22.7 Å². The van der Waals surface area contributed by atoms with Gasteiger partial charge in [-0.3, -0.25) is 4.79 Å². The molecule has 1 aromatic carbocycles. The molecule has 100 valence electrons. The van der Waals surface area contributed by atoms with Gasteiger partial charge in [-0.25, -0.2) is 0 Å². The highest BCUT2D eigenvalue weighted by Gasteiger charge is 2.05. The fraction of sp³-hybridized carbons (Fsp3) is 0.417. The van der Waals surface area contributed by atoms with E-state index < -0.39 is 0 Å². The normalized spacial score (nSPS) is 10.2. The van der Waals surface area contributed by atoms with Crippen LogP contribution in [0.25, 0.3) is 0 Å². The maximum Gasteiger partial charge on any atom is 0.257 e. The first-order chi connectivity index (χ1) is 8.63. The molecule has 1 rings (SSSR count). The van der Waals surface area contributed by atoms with E-state index in [0.29, 0.717) is 28.2 Å². The smallest absolute Gasteiger partial charge is 0.257 e. The molecular weight excluding hydrogens is 321 g/mol. The molecule has 1 amide bonds. The fourth-order valence-electron chi connectivity index (χ4n) is 1.25. The van der Waals surface area contributed by atoms with Gasteiger partial charge >= 0.3 is 0 Å². The van der Waals surface area contributed by atoms with Gasteiger partial charge in [0.1, 0.15) is 5.75 Å². The van der Waals surface area contributed by atoms with E-state index in [4.69, 9.17) is 21.4 Å². The first-order valence-corrected chi connectivity index (χ1v) is 6.76. The Labute approximate surface area is 119 Å². The van der Waals surface area contributed by atoms with Crippen LogP contribution in [-0.4, -0.2) is 30.8 Å². The number of nitrogens with one attached hydrogen (secondary N) is 1. The third-order valence-corrected chi connectivity index (χ3v) is 3.01. The minimum Gasteiger partial charge on any atom is -0.483 e. The molecule has 4 nitrogen and oxygen atoms in total. The average molecular weight is 337 g/mol. The second kappa shape index (κ2) is 8.34. The molecule has 0 aromatic heterocycles. The van der Waals surface area contributed by atoms with Crippen molar-refractivity contribution in [3.8, 4) is 5.75 Å². The van der Waals surface area contributed by atoms with Crippen molar-refractivity contribution < 1.29 is 14.6 Å². The van der Waals surface area contributed by atoms with Gasteiger partial charge in [0.2, 0.25) is 0 Å². The number of amides is 1. The molecule has 0 aliphatic heterocycles. The van der Waals surface area contributed by atoms with Gasteiger partial charge in [0.05, 0.1) is 4.47 Å². The first-order valence-electron chi connectivity index (χ1n) is 5.59. The molecule has 0 heterocycles. The summed E-state index contributed by atoms with van der Waals surface area (Å²) >= 11 is 9.09. The molecule has 0 atom stereocenters. The van der Waals surface area contributed by atoms with Crippen molar-refractivity contribution in [1.29, 1.82) is 0 Å². The largest absolute Gasteiger partial charge is 0.483 e. The molecule has 1 aromatic rings. The summed E-state index contributed by atoms with van der Waals surface area (Å²) in [6.45, 7) is 0.647. The molecule has 0 radical (unpaired) electrons. The van der Waals surface area contributed by atoms with Gasteiger partial charge in [0, 0.05) is 18.2 Å². The summed E-state index contributed by atoms with van der Waals surface area (Å²) in [6.07, 6.45) is 1.44. The Morgan fingerprint density at radius 2 is 2.22 bits per heavy atom. The summed E-state index contributed by atoms with van der Waals surface area (Å²) in [5, 5.41) is 11.9. The molecule has 2 N–H and O–H groups in total. The number of carbonyl (C=O) groups excluding carboxylic acids is 1. The van der Waals surface area contributed by atoms with Gasteiger partial charge in [-0.15, -0.1) is 0 Å².